The molecular formula is C15H23F2NO3. The summed E-state index contributed by atoms with van der Waals surface area (Å²) in [4.78, 5) is 0. The van der Waals surface area contributed by atoms with Crippen LogP contribution >= 0.6 is 0 Å². The average molecular weight is 303 g/mol. The standard InChI is InChI=1S/C15H23F2NO3/c1-4-20-14-7-12(5-6-13(14)21-15(16)17)8-18-11(3)10(2)9-19/h5-7,10-11,15,18-19H,4,8-9H2,1-3H3. The van der Waals surface area contributed by atoms with Crippen LogP contribution in [0.1, 0.15) is 26.3 Å². The van der Waals surface area contributed by atoms with Gasteiger partial charge in [-0.15, -0.1) is 0 Å². The van der Waals surface area contributed by atoms with E-state index in [0.29, 0.717) is 18.9 Å². The Morgan fingerprint density at radius 1 is 1.24 bits per heavy atom. The fourth-order valence-electron chi connectivity index (χ4n) is 1.76. The zero-order chi connectivity index (χ0) is 15.8. The molecule has 0 fully saturated rings. The third kappa shape index (κ3) is 5.85. The van der Waals surface area contributed by atoms with Gasteiger partial charge in [-0.25, -0.2) is 0 Å². The van der Waals surface area contributed by atoms with Gasteiger partial charge in [0.15, 0.2) is 11.5 Å². The predicted molar refractivity (Wildman–Crippen MR) is 76.8 cm³/mol. The van der Waals surface area contributed by atoms with E-state index >= 15 is 0 Å². The first-order valence-electron chi connectivity index (χ1n) is 7.02. The Morgan fingerprint density at radius 2 is 1.95 bits per heavy atom. The van der Waals surface area contributed by atoms with Gasteiger partial charge in [0.25, 0.3) is 0 Å². The lowest BCUT2D eigenvalue weighted by Crippen LogP contribution is -2.33. The summed E-state index contributed by atoms with van der Waals surface area (Å²) in [5.74, 6) is 0.477. The third-order valence-corrected chi connectivity index (χ3v) is 3.29. The highest BCUT2D eigenvalue weighted by Gasteiger charge is 2.13. The molecule has 0 aliphatic heterocycles. The number of hydrogen-bond donors (Lipinski definition) is 2. The van der Waals surface area contributed by atoms with E-state index in [1.54, 1.807) is 19.1 Å². The summed E-state index contributed by atoms with van der Waals surface area (Å²) in [6.07, 6.45) is 0. The van der Waals surface area contributed by atoms with Crippen LogP contribution in [-0.4, -0.2) is 31.0 Å². The van der Waals surface area contributed by atoms with Gasteiger partial charge in [-0.2, -0.15) is 8.78 Å². The van der Waals surface area contributed by atoms with Crippen molar-refractivity contribution in [2.24, 2.45) is 5.92 Å². The van der Waals surface area contributed by atoms with Crippen molar-refractivity contribution in [3.05, 3.63) is 23.8 Å². The van der Waals surface area contributed by atoms with E-state index in [1.807, 2.05) is 13.8 Å². The van der Waals surface area contributed by atoms with E-state index < -0.39 is 6.61 Å². The van der Waals surface area contributed by atoms with Gasteiger partial charge in [0, 0.05) is 19.2 Å². The summed E-state index contributed by atoms with van der Waals surface area (Å²) in [5.41, 5.74) is 0.900. The van der Waals surface area contributed by atoms with Gasteiger partial charge in [0.2, 0.25) is 0 Å². The Kier molecular flexibility index (Phi) is 7.39. The van der Waals surface area contributed by atoms with E-state index in [0.717, 1.165) is 5.56 Å². The monoisotopic (exact) mass is 303 g/mol. The molecular weight excluding hydrogens is 280 g/mol. The number of rotatable bonds is 9. The zero-order valence-electron chi connectivity index (χ0n) is 12.6. The molecule has 0 aliphatic rings. The Morgan fingerprint density at radius 3 is 2.52 bits per heavy atom. The highest BCUT2D eigenvalue weighted by Crippen LogP contribution is 2.29. The van der Waals surface area contributed by atoms with Crippen LogP contribution in [0.25, 0.3) is 0 Å². The van der Waals surface area contributed by atoms with Crippen molar-refractivity contribution in [1.29, 1.82) is 0 Å². The molecule has 0 aromatic heterocycles. The second kappa shape index (κ2) is 8.79. The maximum absolute atomic E-state index is 12.3. The Labute approximate surface area is 124 Å². The number of alkyl halides is 2. The molecule has 2 N–H and O–H groups in total. The number of halogens is 2. The largest absolute Gasteiger partial charge is 0.490 e. The maximum atomic E-state index is 12.3. The smallest absolute Gasteiger partial charge is 0.387 e. The zero-order valence-corrected chi connectivity index (χ0v) is 12.6. The minimum absolute atomic E-state index is 0.0346. The molecule has 0 aliphatic carbocycles. The SMILES string of the molecule is CCOc1cc(CNC(C)C(C)CO)ccc1OC(F)F. The molecule has 1 aromatic carbocycles. The summed E-state index contributed by atoms with van der Waals surface area (Å²) in [5, 5.41) is 12.4. The van der Waals surface area contributed by atoms with Crippen molar-refractivity contribution in [3.63, 3.8) is 0 Å². The van der Waals surface area contributed by atoms with Crippen LogP contribution in [0.2, 0.25) is 0 Å². The maximum Gasteiger partial charge on any atom is 0.387 e. The molecule has 1 aromatic rings. The highest BCUT2D eigenvalue weighted by molar-refractivity contribution is 5.43. The molecule has 2 atom stereocenters. The summed E-state index contributed by atoms with van der Waals surface area (Å²) in [6, 6.07) is 5.02. The number of aliphatic hydroxyl groups excluding tert-OH is 1. The number of nitrogens with one attached hydrogen (secondary N) is 1. The molecule has 0 heterocycles. The fourth-order valence-corrected chi connectivity index (χ4v) is 1.76. The molecule has 4 nitrogen and oxygen atoms in total. The van der Waals surface area contributed by atoms with Crippen LogP contribution in [0.4, 0.5) is 8.78 Å². The van der Waals surface area contributed by atoms with Gasteiger partial charge in [0.1, 0.15) is 0 Å². The van der Waals surface area contributed by atoms with Crippen LogP contribution in [0.5, 0.6) is 11.5 Å². The van der Waals surface area contributed by atoms with Crippen LogP contribution in [-0.2, 0) is 6.54 Å². The second-order valence-corrected chi connectivity index (χ2v) is 4.92. The molecule has 21 heavy (non-hydrogen) atoms. The van der Waals surface area contributed by atoms with Crippen molar-refractivity contribution < 1.29 is 23.4 Å². The molecule has 0 spiro atoms. The van der Waals surface area contributed by atoms with Crippen molar-refractivity contribution >= 4 is 0 Å². The summed E-state index contributed by atoms with van der Waals surface area (Å²) in [7, 11) is 0. The van der Waals surface area contributed by atoms with E-state index in [4.69, 9.17) is 9.84 Å². The lowest BCUT2D eigenvalue weighted by molar-refractivity contribution is -0.0514. The van der Waals surface area contributed by atoms with Gasteiger partial charge >= 0.3 is 6.61 Å². The number of hydrogen-bond acceptors (Lipinski definition) is 4. The quantitative estimate of drug-likeness (QED) is 0.736. The van der Waals surface area contributed by atoms with Crippen molar-refractivity contribution in [2.45, 2.75) is 40.0 Å². The van der Waals surface area contributed by atoms with E-state index in [2.05, 4.69) is 10.1 Å². The molecule has 0 amide bonds. The first-order chi connectivity index (χ1) is 9.97. The number of ether oxygens (including phenoxy) is 2. The first-order valence-corrected chi connectivity index (χ1v) is 7.02. The molecule has 6 heteroatoms. The highest BCUT2D eigenvalue weighted by atomic mass is 19.3. The predicted octanol–water partition coefficient (Wildman–Crippen LogP) is 2.79. The lowest BCUT2D eigenvalue weighted by atomic mass is 10.0. The minimum Gasteiger partial charge on any atom is -0.490 e. The normalized spacial score (nSPS) is 14.0. The van der Waals surface area contributed by atoms with Crippen LogP contribution < -0.4 is 14.8 Å². The molecule has 2 unspecified atom stereocenters. The summed E-state index contributed by atoms with van der Waals surface area (Å²) in [6.45, 7) is 3.87. The molecule has 0 saturated carbocycles. The van der Waals surface area contributed by atoms with Crippen LogP contribution in [0, 0.1) is 5.92 Å². The fraction of sp³-hybridized carbons (Fsp3) is 0.600. The van der Waals surface area contributed by atoms with Gasteiger partial charge < -0.3 is 19.9 Å². The molecule has 0 bridgehead atoms. The minimum atomic E-state index is -2.88. The third-order valence-electron chi connectivity index (χ3n) is 3.29. The van der Waals surface area contributed by atoms with Crippen molar-refractivity contribution in [2.75, 3.05) is 13.2 Å². The molecule has 0 radical (unpaired) electrons. The van der Waals surface area contributed by atoms with Gasteiger partial charge in [-0.3, -0.25) is 0 Å². The van der Waals surface area contributed by atoms with Crippen LogP contribution in [0.15, 0.2) is 18.2 Å². The number of aliphatic hydroxyl groups is 1. The van der Waals surface area contributed by atoms with Gasteiger partial charge in [0.05, 0.1) is 6.61 Å². The molecule has 120 valence electrons. The van der Waals surface area contributed by atoms with E-state index in [1.165, 1.54) is 6.07 Å². The Balaban J connectivity index is 2.73. The average Bonchev–Trinajstić information content (AvgIpc) is 2.46. The topological polar surface area (TPSA) is 50.7 Å². The van der Waals surface area contributed by atoms with Crippen molar-refractivity contribution in [3.8, 4) is 11.5 Å². The van der Waals surface area contributed by atoms with Gasteiger partial charge in [-0.05, 0) is 37.5 Å². The molecule has 1 rings (SSSR count). The van der Waals surface area contributed by atoms with Gasteiger partial charge in [-0.1, -0.05) is 13.0 Å². The summed E-state index contributed by atoms with van der Waals surface area (Å²) >= 11 is 0. The van der Waals surface area contributed by atoms with Crippen molar-refractivity contribution in [1.82, 2.24) is 5.32 Å². The Bertz CT molecular complexity index is 429. The first kappa shape index (κ1) is 17.7. The number of benzene rings is 1. The second-order valence-electron chi connectivity index (χ2n) is 4.92. The summed E-state index contributed by atoms with van der Waals surface area (Å²) < 4.78 is 34.4. The molecule has 0 saturated heterocycles. The van der Waals surface area contributed by atoms with E-state index in [9.17, 15) is 8.78 Å². The lowest BCUT2D eigenvalue weighted by Gasteiger charge is -2.20. The Hall–Kier alpha value is -1.40. The van der Waals surface area contributed by atoms with E-state index in [-0.39, 0.29) is 24.3 Å². The van der Waals surface area contributed by atoms with Crippen LogP contribution in [0.3, 0.4) is 0 Å².